The van der Waals surface area contributed by atoms with E-state index in [1.54, 1.807) is 0 Å². The second-order valence-corrected chi connectivity index (χ2v) is 5.08. The highest BCUT2D eigenvalue weighted by atomic mass is 79.9. The number of benzene rings is 1. The van der Waals surface area contributed by atoms with E-state index in [1.165, 1.54) is 10.9 Å². The molecule has 1 heterocycles. The van der Waals surface area contributed by atoms with Gasteiger partial charge in [0.05, 0.1) is 5.52 Å². The summed E-state index contributed by atoms with van der Waals surface area (Å²) in [6.07, 6.45) is 2.89. The predicted octanol–water partition coefficient (Wildman–Crippen LogP) is 3.56. The zero-order chi connectivity index (χ0) is 9.97. The van der Waals surface area contributed by atoms with Gasteiger partial charge in [-0.1, -0.05) is 35.0 Å². The smallest absolute Gasteiger partial charge is 0.0702 e. The molecule has 0 saturated carbocycles. The molecule has 14 heavy (non-hydrogen) atoms. The van der Waals surface area contributed by atoms with Gasteiger partial charge in [-0.15, -0.1) is 0 Å². The highest BCUT2D eigenvalue weighted by molar-refractivity contribution is 9.09. The summed E-state index contributed by atoms with van der Waals surface area (Å²) in [6, 6.07) is 10.5. The van der Waals surface area contributed by atoms with Gasteiger partial charge in [-0.2, -0.15) is 0 Å². The van der Waals surface area contributed by atoms with Crippen LogP contribution in [0.5, 0.6) is 0 Å². The predicted molar refractivity (Wildman–Crippen MR) is 63.8 cm³/mol. The maximum absolute atomic E-state index is 4.29. The number of pyridine rings is 1. The largest absolute Gasteiger partial charge is 0.256 e. The average Bonchev–Trinajstić information content (AvgIpc) is 2.17. The fraction of sp³-hybridized carbons (Fsp3) is 0.250. The van der Waals surface area contributed by atoms with Gasteiger partial charge in [0.15, 0.2) is 0 Å². The summed E-state index contributed by atoms with van der Waals surface area (Å²) in [5, 5.41) is 1.22. The highest BCUT2D eigenvalue weighted by Crippen LogP contribution is 2.16. The van der Waals surface area contributed by atoms with Crippen LogP contribution < -0.4 is 0 Å². The Bertz CT molecular complexity index is 437. The van der Waals surface area contributed by atoms with E-state index in [0.717, 1.165) is 11.9 Å². The van der Waals surface area contributed by atoms with Crippen LogP contribution in [0.25, 0.3) is 10.9 Å². The lowest BCUT2D eigenvalue weighted by Gasteiger charge is -2.04. The number of hydrogen-bond acceptors (Lipinski definition) is 1. The van der Waals surface area contributed by atoms with Crippen LogP contribution in [-0.2, 0) is 6.42 Å². The molecule has 0 spiro atoms. The summed E-state index contributed by atoms with van der Waals surface area (Å²) >= 11 is 3.56. The summed E-state index contributed by atoms with van der Waals surface area (Å²) in [5.74, 6) is 0. The van der Waals surface area contributed by atoms with Crippen LogP contribution in [0.2, 0.25) is 0 Å². The van der Waals surface area contributed by atoms with Crippen LogP contribution in [0.1, 0.15) is 12.5 Å². The quantitative estimate of drug-likeness (QED) is 0.742. The minimum absolute atomic E-state index is 0.525. The zero-order valence-corrected chi connectivity index (χ0v) is 9.66. The first-order valence-corrected chi connectivity index (χ1v) is 5.65. The molecule has 2 rings (SSSR count). The molecule has 0 amide bonds. The molecule has 1 aromatic carbocycles. The monoisotopic (exact) mass is 249 g/mol. The first kappa shape index (κ1) is 9.66. The van der Waals surface area contributed by atoms with Gasteiger partial charge in [0, 0.05) is 16.4 Å². The number of halogens is 1. The standard InChI is InChI=1S/C12H12BrN/c1-9(13)7-10-4-5-12-11(8-10)3-2-6-14-12/h2-6,8-9H,7H2,1H3. The van der Waals surface area contributed by atoms with Crippen molar-refractivity contribution >= 4 is 26.8 Å². The van der Waals surface area contributed by atoms with Gasteiger partial charge in [-0.3, -0.25) is 4.98 Å². The number of rotatable bonds is 2. The molecule has 0 aliphatic rings. The molecule has 1 aromatic heterocycles. The molecular formula is C12H12BrN. The molecule has 2 aromatic rings. The van der Waals surface area contributed by atoms with Crippen molar-refractivity contribution in [3.05, 3.63) is 42.1 Å². The van der Waals surface area contributed by atoms with E-state index in [-0.39, 0.29) is 0 Å². The minimum Gasteiger partial charge on any atom is -0.256 e. The summed E-state index contributed by atoms with van der Waals surface area (Å²) in [5.41, 5.74) is 2.42. The van der Waals surface area contributed by atoms with E-state index in [9.17, 15) is 0 Å². The molecule has 0 aliphatic carbocycles. The summed E-state index contributed by atoms with van der Waals surface area (Å²) in [7, 11) is 0. The molecule has 1 atom stereocenters. The van der Waals surface area contributed by atoms with Gasteiger partial charge in [0.25, 0.3) is 0 Å². The lowest BCUT2D eigenvalue weighted by atomic mass is 10.1. The third-order valence-corrected chi connectivity index (χ3v) is 2.51. The van der Waals surface area contributed by atoms with Crippen LogP contribution in [-0.4, -0.2) is 9.81 Å². The van der Waals surface area contributed by atoms with Gasteiger partial charge in [-0.05, 0) is 30.2 Å². The summed E-state index contributed by atoms with van der Waals surface area (Å²) < 4.78 is 0. The van der Waals surface area contributed by atoms with E-state index in [4.69, 9.17) is 0 Å². The van der Waals surface area contributed by atoms with Crippen LogP contribution in [0, 0.1) is 0 Å². The Balaban J connectivity index is 2.41. The second kappa shape index (κ2) is 4.09. The first-order valence-electron chi connectivity index (χ1n) is 4.73. The molecule has 0 N–H and O–H groups in total. The van der Waals surface area contributed by atoms with Crippen molar-refractivity contribution in [2.45, 2.75) is 18.2 Å². The molecule has 1 nitrogen and oxygen atoms in total. The van der Waals surface area contributed by atoms with Gasteiger partial charge in [0.1, 0.15) is 0 Å². The topological polar surface area (TPSA) is 12.9 Å². The van der Waals surface area contributed by atoms with Gasteiger partial charge in [0.2, 0.25) is 0 Å². The molecule has 1 unspecified atom stereocenters. The van der Waals surface area contributed by atoms with Crippen molar-refractivity contribution in [2.24, 2.45) is 0 Å². The van der Waals surface area contributed by atoms with Crippen LogP contribution in [0.4, 0.5) is 0 Å². The van der Waals surface area contributed by atoms with Gasteiger partial charge >= 0.3 is 0 Å². The third kappa shape index (κ3) is 2.13. The highest BCUT2D eigenvalue weighted by Gasteiger charge is 2.00. The van der Waals surface area contributed by atoms with E-state index < -0.39 is 0 Å². The Morgan fingerprint density at radius 3 is 3.00 bits per heavy atom. The lowest BCUT2D eigenvalue weighted by Crippen LogP contribution is -1.96. The van der Waals surface area contributed by atoms with Gasteiger partial charge < -0.3 is 0 Å². The Morgan fingerprint density at radius 1 is 1.36 bits per heavy atom. The maximum atomic E-state index is 4.29. The van der Waals surface area contributed by atoms with Crippen molar-refractivity contribution in [2.75, 3.05) is 0 Å². The van der Waals surface area contributed by atoms with Gasteiger partial charge in [-0.25, -0.2) is 0 Å². The van der Waals surface area contributed by atoms with Crippen molar-refractivity contribution in [3.8, 4) is 0 Å². The molecule has 0 radical (unpaired) electrons. The number of fused-ring (bicyclic) bond motifs is 1. The minimum atomic E-state index is 0.525. The normalized spacial score (nSPS) is 13.0. The molecule has 0 saturated heterocycles. The fourth-order valence-corrected chi connectivity index (χ4v) is 1.95. The Labute approximate surface area is 92.3 Å². The molecular weight excluding hydrogens is 238 g/mol. The summed E-state index contributed by atoms with van der Waals surface area (Å²) in [4.78, 5) is 4.81. The van der Waals surface area contributed by atoms with Crippen LogP contribution in [0.3, 0.4) is 0 Å². The van der Waals surface area contributed by atoms with Crippen LogP contribution in [0.15, 0.2) is 36.5 Å². The molecule has 0 aliphatic heterocycles. The first-order chi connectivity index (χ1) is 6.75. The molecule has 0 fully saturated rings. The van der Waals surface area contributed by atoms with Crippen molar-refractivity contribution in [1.82, 2.24) is 4.98 Å². The average molecular weight is 250 g/mol. The van der Waals surface area contributed by atoms with E-state index >= 15 is 0 Å². The Hall–Kier alpha value is -0.890. The number of aromatic nitrogens is 1. The summed E-state index contributed by atoms with van der Waals surface area (Å²) in [6.45, 7) is 2.16. The Kier molecular flexibility index (Phi) is 2.82. The van der Waals surface area contributed by atoms with E-state index in [1.807, 2.05) is 12.3 Å². The van der Waals surface area contributed by atoms with E-state index in [2.05, 4.69) is 52.1 Å². The molecule has 0 bridgehead atoms. The maximum Gasteiger partial charge on any atom is 0.0702 e. The fourth-order valence-electron chi connectivity index (χ4n) is 1.58. The van der Waals surface area contributed by atoms with Crippen molar-refractivity contribution < 1.29 is 0 Å². The molecule has 72 valence electrons. The van der Waals surface area contributed by atoms with Crippen molar-refractivity contribution in [3.63, 3.8) is 0 Å². The SMILES string of the molecule is CC(Br)Cc1ccc2ncccc2c1. The lowest BCUT2D eigenvalue weighted by molar-refractivity contribution is 0.961. The number of hydrogen-bond donors (Lipinski definition) is 0. The Morgan fingerprint density at radius 2 is 2.21 bits per heavy atom. The zero-order valence-electron chi connectivity index (χ0n) is 8.07. The van der Waals surface area contributed by atoms with Crippen LogP contribution >= 0.6 is 15.9 Å². The second-order valence-electron chi connectivity index (χ2n) is 3.52. The third-order valence-electron chi connectivity index (χ3n) is 2.18. The number of alkyl halides is 1. The molecule has 2 heteroatoms. The van der Waals surface area contributed by atoms with Crippen molar-refractivity contribution in [1.29, 1.82) is 0 Å². The van der Waals surface area contributed by atoms with E-state index in [0.29, 0.717) is 4.83 Å². The number of nitrogens with zero attached hydrogens (tertiary/aromatic N) is 1.